The maximum atomic E-state index is 6.36. The van der Waals surface area contributed by atoms with Crippen molar-refractivity contribution in [1.29, 1.82) is 0 Å². The fourth-order valence-corrected chi connectivity index (χ4v) is 6.64. The molecule has 0 N–H and O–H groups in total. The zero-order valence-electron chi connectivity index (χ0n) is 22.8. The molecule has 1 heterocycles. The lowest BCUT2D eigenvalue weighted by molar-refractivity contribution is 0.669. The van der Waals surface area contributed by atoms with Crippen molar-refractivity contribution in [3.63, 3.8) is 0 Å². The number of para-hydroxylation sites is 1. The van der Waals surface area contributed by atoms with Crippen molar-refractivity contribution in [3.8, 4) is 0 Å². The molecule has 196 valence electrons. The number of benzene rings is 8. The van der Waals surface area contributed by atoms with Crippen LogP contribution in [0.2, 0.25) is 0 Å². The first-order valence-electron chi connectivity index (χ1n) is 14.4. The Morgan fingerprint density at radius 2 is 1.00 bits per heavy atom. The zero-order chi connectivity index (χ0) is 27.6. The topological polar surface area (TPSA) is 16.4 Å². The molecule has 2 heteroatoms. The average Bonchev–Trinajstić information content (AvgIpc) is 3.40. The summed E-state index contributed by atoms with van der Waals surface area (Å²) in [6, 6.07) is 54.4. The van der Waals surface area contributed by atoms with E-state index in [1.807, 2.05) is 0 Å². The summed E-state index contributed by atoms with van der Waals surface area (Å²) in [4.78, 5) is 2.39. The van der Waals surface area contributed by atoms with Gasteiger partial charge in [-0.2, -0.15) is 0 Å². The van der Waals surface area contributed by atoms with Gasteiger partial charge in [0.1, 0.15) is 11.2 Å². The number of hydrogen-bond donors (Lipinski definition) is 0. The van der Waals surface area contributed by atoms with Gasteiger partial charge in [0.2, 0.25) is 0 Å². The molecule has 0 radical (unpaired) electrons. The smallest absolute Gasteiger partial charge is 0.136 e. The summed E-state index contributed by atoms with van der Waals surface area (Å²) >= 11 is 0. The molecule has 0 bridgehead atoms. The quantitative estimate of drug-likeness (QED) is 0.209. The number of rotatable bonds is 3. The monoisotopic (exact) mass is 535 g/mol. The number of anilines is 3. The maximum Gasteiger partial charge on any atom is 0.136 e. The predicted octanol–water partition coefficient (Wildman–Crippen LogP) is 11.7. The molecule has 0 unspecified atom stereocenters. The lowest BCUT2D eigenvalue weighted by Crippen LogP contribution is -2.10. The van der Waals surface area contributed by atoms with Crippen LogP contribution in [0.3, 0.4) is 0 Å². The first-order chi connectivity index (χ1) is 20.8. The molecule has 0 saturated heterocycles. The molecule has 0 atom stereocenters. The van der Waals surface area contributed by atoms with Gasteiger partial charge in [-0.3, -0.25) is 0 Å². The van der Waals surface area contributed by atoms with Gasteiger partial charge in [0, 0.05) is 27.5 Å². The van der Waals surface area contributed by atoms with Gasteiger partial charge in [0.15, 0.2) is 0 Å². The van der Waals surface area contributed by atoms with Crippen molar-refractivity contribution in [2.75, 3.05) is 4.90 Å². The molecule has 2 nitrogen and oxygen atoms in total. The fraction of sp³-hybridized carbons (Fsp3) is 0. The molecule has 0 amide bonds. The Balaban J connectivity index is 1.35. The van der Waals surface area contributed by atoms with Crippen LogP contribution in [-0.4, -0.2) is 0 Å². The Morgan fingerprint density at radius 1 is 0.357 bits per heavy atom. The van der Waals surface area contributed by atoms with Crippen LogP contribution in [0.4, 0.5) is 17.1 Å². The van der Waals surface area contributed by atoms with E-state index in [1.54, 1.807) is 0 Å². The third-order valence-corrected chi connectivity index (χ3v) is 8.56. The second-order valence-electron chi connectivity index (χ2n) is 11.0. The third-order valence-electron chi connectivity index (χ3n) is 8.56. The molecule has 0 aliphatic rings. The first-order valence-corrected chi connectivity index (χ1v) is 14.4. The van der Waals surface area contributed by atoms with Gasteiger partial charge in [0.05, 0.1) is 5.69 Å². The number of hydrogen-bond acceptors (Lipinski definition) is 2. The van der Waals surface area contributed by atoms with E-state index in [1.165, 1.54) is 43.1 Å². The van der Waals surface area contributed by atoms with Crippen molar-refractivity contribution in [3.05, 3.63) is 152 Å². The Kier molecular flexibility index (Phi) is 4.93. The van der Waals surface area contributed by atoms with E-state index in [0.717, 1.165) is 39.0 Å². The van der Waals surface area contributed by atoms with E-state index in [4.69, 9.17) is 4.42 Å². The van der Waals surface area contributed by atoms with Crippen LogP contribution in [0.1, 0.15) is 0 Å². The normalized spacial score (nSPS) is 11.8. The van der Waals surface area contributed by atoms with Crippen LogP contribution in [0, 0.1) is 0 Å². The fourth-order valence-electron chi connectivity index (χ4n) is 6.64. The third kappa shape index (κ3) is 3.45. The molecular formula is C40H25NO. The van der Waals surface area contributed by atoms with Gasteiger partial charge in [-0.1, -0.05) is 103 Å². The van der Waals surface area contributed by atoms with E-state index in [-0.39, 0.29) is 0 Å². The summed E-state index contributed by atoms with van der Waals surface area (Å²) < 4.78 is 6.36. The number of nitrogens with zero attached hydrogens (tertiary/aromatic N) is 1. The molecule has 42 heavy (non-hydrogen) atoms. The van der Waals surface area contributed by atoms with E-state index < -0.39 is 0 Å². The summed E-state index contributed by atoms with van der Waals surface area (Å²) in [5, 5.41) is 12.2. The van der Waals surface area contributed by atoms with Crippen molar-refractivity contribution in [2.24, 2.45) is 0 Å². The minimum absolute atomic E-state index is 0.895. The van der Waals surface area contributed by atoms with Crippen molar-refractivity contribution >= 4 is 82.1 Å². The van der Waals surface area contributed by atoms with Crippen molar-refractivity contribution in [1.82, 2.24) is 0 Å². The van der Waals surface area contributed by atoms with Gasteiger partial charge in [-0.15, -0.1) is 0 Å². The summed E-state index contributed by atoms with van der Waals surface area (Å²) in [7, 11) is 0. The second kappa shape index (κ2) is 8.95. The number of furan rings is 1. The van der Waals surface area contributed by atoms with Crippen LogP contribution in [0.5, 0.6) is 0 Å². The molecule has 8 aromatic carbocycles. The zero-order valence-corrected chi connectivity index (χ0v) is 22.8. The molecule has 9 aromatic rings. The average molecular weight is 536 g/mol. The Bertz CT molecular complexity index is 2470. The van der Waals surface area contributed by atoms with E-state index in [0.29, 0.717) is 0 Å². The van der Waals surface area contributed by atoms with E-state index in [2.05, 4.69) is 157 Å². The van der Waals surface area contributed by atoms with Crippen LogP contribution < -0.4 is 4.90 Å². The molecule has 0 spiro atoms. The summed E-state index contributed by atoms with van der Waals surface area (Å²) in [5.41, 5.74) is 5.16. The standard InChI is InChI=1S/C40H25NO/c1-2-13-30(14-3-1)41(31-20-21-38-36(25-31)35-22-27-11-4-5-12-28(27)24-39(35)42-38)37-23-29-19-18-26-10-6-7-15-32(26)40(29)34-17-9-8-16-33(34)37/h1-25H. The van der Waals surface area contributed by atoms with Crippen molar-refractivity contribution in [2.45, 2.75) is 0 Å². The SMILES string of the molecule is c1ccc(N(c2ccc3oc4cc5ccccc5cc4c3c2)c2cc3ccc4ccccc4c3c3ccccc23)cc1. The number of fused-ring (bicyclic) bond motifs is 9. The van der Waals surface area contributed by atoms with E-state index in [9.17, 15) is 0 Å². The van der Waals surface area contributed by atoms with Gasteiger partial charge in [0.25, 0.3) is 0 Å². The first kappa shape index (κ1) is 23.1. The highest BCUT2D eigenvalue weighted by atomic mass is 16.3. The molecule has 0 saturated carbocycles. The summed E-state index contributed by atoms with van der Waals surface area (Å²) in [5.74, 6) is 0. The maximum absolute atomic E-state index is 6.36. The predicted molar refractivity (Wildman–Crippen MR) is 178 cm³/mol. The van der Waals surface area contributed by atoms with Gasteiger partial charge in [-0.25, -0.2) is 0 Å². The molecule has 9 rings (SSSR count). The Morgan fingerprint density at radius 3 is 1.83 bits per heavy atom. The second-order valence-corrected chi connectivity index (χ2v) is 11.0. The lowest BCUT2D eigenvalue weighted by Gasteiger charge is -2.27. The van der Waals surface area contributed by atoms with E-state index >= 15 is 0 Å². The molecule has 0 aliphatic heterocycles. The molecule has 1 aromatic heterocycles. The summed E-state index contributed by atoms with van der Waals surface area (Å²) in [6.45, 7) is 0. The highest BCUT2D eigenvalue weighted by Crippen LogP contribution is 2.45. The molecule has 0 fully saturated rings. The summed E-state index contributed by atoms with van der Waals surface area (Å²) in [6.07, 6.45) is 0. The van der Waals surface area contributed by atoms with Crippen LogP contribution >= 0.6 is 0 Å². The Hall–Kier alpha value is -5.60. The van der Waals surface area contributed by atoms with Crippen LogP contribution in [0.25, 0.3) is 65.0 Å². The van der Waals surface area contributed by atoms with Gasteiger partial charge >= 0.3 is 0 Å². The molecule has 0 aliphatic carbocycles. The highest BCUT2D eigenvalue weighted by molar-refractivity contribution is 6.23. The highest BCUT2D eigenvalue weighted by Gasteiger charge is 2.19. The largest absolute Gasteiger partial charge is 0.456 e. The van der Waals surface area contributed by atoms with Gasteiger partial charge < -0.3 is 9.32 Å². The molecular weight excluding hydrogens is 510 g/mol. The van der Waals surface area contributed by atoms with Crippen LogP contribution in [-0.2, 0) is 0 Å². The van der Waals surface area contributed by atoms with Gasteiger partial charge in [-0.05, 0) is 86.2 Å². The lowest BCUT2D eigenvalue weighted by atomic mass is 9.94. The Labute approximate surface area is 242 Å². The van der Waals surface area contributed by atoms with Crippen molar-refractivity contribution < 1.29 is 4.42 Å². The minimum Gasteiger partial charge on any atom is -0.456 e. The minimum atomic E-state index is 0.895. The van der Waals surface area contributed by atoms with Crippen LogP contribution in [0.15, 0.2) is 156 Å².